The quantitative estimate of drug-likeness (QED) is 0.924. The molecule has 0 aliphatic carbocycles. The van der Waals surface area contributed by atoms with Gasteiger partial charge in [-0.05, 0) is 35.7 Å². The first-order valence-electron chi connectivity index (χ1n) is 7.19. The van der Waals surface area contributed by atoms with Gasteiger partial charge in [0.15, 0.2) is 5.96 Å². The zero-order valence-electron chi connectivity index (χ0n) is 12.7. The van der Waals surface area contributed by atoms with Crippen LogP contribution in [0.3, 0.4) is 0 Å². The van der Waals surface area contributed by atoms with Crippen LogP contribution in [-0.2, 0) is 10.3 Å². The number of nitrogens with zero attached hydrogens (tertiary/aromatic N) is 2. The molecule has 0 aromatic heterocycles. The Morgan fingerprint density at radius 3 is 2.64 bits per heavy atom. The highest BCUT2D eigenvalue weighted by molar-refractivity contribution is 5.98. The SMILES string of the molecule is CN1C(=O)CC(C)(c2[c]ccc(-c3ccccc3)c2)N=C1N. The third kappa shape index (κ3) is 2.48. The third-order valence-electron chi connectivity index (χ3n) is 4.06. The molecule has 1 radical (unpaired) electrons. The van der Waals surface area contributed by atoms with Crippen LogP contribution >= 0.6 is 0 Å². The van der Waals surface area contributed by atoms with Crippen molar-refractivity contribution in [1.82, 2.24) is 4.90 Å². The molecule has 0 saturated carbocycles. The van der Waals surface area contributed by atoms with Gasteiger partial charge >= 0.3 is 0 Å². The van der Waals surface area contributed by atoms with E-state index in [1.807, 2.05) is 43.3 Å². The molecule has 22 heavy (non-hydrogen) atoms. The van der Waals surface area contributed by atoms with Gasteiger partial charge in [0.2, 0.25) is 5.91 Å². The molecular formula is C18H18N3O. The van der Waals surface area contributed by atoms with E-state index in [9.17, 15) is 4.79 Å². The fourth-order valence-electron chi connectivity index (χ4n) is 2.65. The molecule has 0 saturated heterocycles. The van der Waals surface area contributed by atoms with Crippen molar-refractivity contribution in [2.24, 2.45) is 10.7 Å². The Morgan fingerprint density at radius 1 is 1.23 bits per heavy atom. The molecule has 3 rings (SSSR count). The van der Waals surface area contributed by atoms with Gasteiger partial charge in [-0.25, -0.2) is 4.99 Å². The summed E-state index contributed by atoms with van der Waals surface area (Å²) in [6.45, 7) is 1.92. The summed E-state index contributed by atoms with van der Waals surface area (Å²) < 4.78 is 0. The van der Waals surface area contributed by atoms with E-state index in [0.717, 1.165) is 16.7 Å². The lowest BCUT2D eigenvalue weighted by Crippen LogP contribution is -2.47. The standard InChI is InChI=1S/C18H18N3O/c1-18(12-16(22)21(2)17(19)20-18)15-10-6-9-14(11-15)13-7-4-3-5-8-13/h3-9,11H,12H2,1-2H3,(H2,19,20). The molecule has 1 unspecified atom stereocenters. The van der Waals surface area contributed by atoms with Gasteiger partial charge in [0, 0.05) is 7.05 Å². The molecule has 1 aliphatic rings. The maximum Gasteiger partial charge on any atom is 0.231 e. The van der Waals surface area contributed by atoms with Crippen molar-refractivity contribution in [2.75, 3.05) is 7.05 Å². The van der Waals surface area contributed by atoms with E-state index < -0.39 is 5.54 Å². The number of hydrogen-bond donors (Lipinski definition) is 1. The fraction of sp³-hybridized carbons (Fsp3) is 0.222. The molecule has 0 fully saturated rings. The van der Waals surface area contributed by atoms with Gasteiger partial charge in [0.1, 0.15) is 0 Å². The van der Waals surface area contributed by atoms with Crippen molar-refractivity contribution in [3.63, 3.8) is 0 Å². The Morgan fingerprint density at radius 2 is 1.95 bits per heavy atom. The zero-order valence-corrected chi connectivity index (χ0v) is 12.7. The highest BCUT2D eigenvalue weighted by Crippen LogP contribution is 2.34. The van der Waals surface area contributed by atoms with Gasteiger partial charge in [0.05, 0.1) is 12.0 Å². The summed E-state index contributed by atoms with van der Waals surface area (Å²) in [6.07, 6.45) is 0.291. The number of benzene rings is 2. The maximum absolute atomic E-state index is 12.1. The Kier molecular flexibility index (Phi) is 3.45. The van der Waals surface area contributed by atoms with Gasteiger partial charge in [-0.3, -0.25) is 9.69 Å². The zero-order chi connectivity index (χ0) is 15.7. The number of carbonyl (C=O) groups is 1. The lowest BCUT2D eigenvalue weighted by molar-refractivity contribution is -0.128. The van der Waals surface area contributed by atoms with Crippen LogP contribution in [0.2, 0.25) is 0 Å². The molecular weight excluding hydrogens is 274 g/mol. The average Bonchev–Trinajstić information content (AvgIpc) is 2.53. The van der Waals surface area contributed by atoms with Crippen LogP contribution in [0.4, 0.5) is 0 Å². The second-order valence-electron chi connectivity index (χ2n) is 5.73. The Labute approximate surface area is 130 Å². The summed E-state index contributed by atoms with van der Waals surface area (Å²) in [7, 11) is 1.64. The number of nitrogens with two attached hydrogens (primary N) is 1. The number of amides is 1. The maximum atomic E-state index is 12.1. The molecule has 0 bridgehead atoms. The van der Waals surface area contributed by atoms with Crippen LogP contribution in [-0.4, -0.2) is 23.8 Å². The summed E-state index contributed by atoms with van der Waals surface area (Å²) in [5.74, 6) is 0.214. The number of rotatable bonds is 2. The molecule has 1 heterocycles. The number of hydrogen-bond acceptors (Lipinski definition) is 3. The topological polar surface area (TPSA) is 58.7 Å². The molecule has 1 aliphatic heterocycles. The summed E-state index contributed by atoms with van der Waals surface area (Å²) in [5, 5.41) is 0. The fourth-order valence-corrected chi connectivity index (χ4v) is 2.65. The van der Waals surface area contributed by atoms with Crippen molar-refractivity contribution in [1.29, 1.82) is 0 Å². The third-order valence-corrected chi connectivity index (χ3v) is 4.06. The van der Waals surface area contributed by atoms with Gasteiger partial charge in [-0.2, -0.15) is 0 Å². The van der Waals surface area contributed by atoms with Gasteiger partial charge in [-0.1, -0.05) is 42.5 Å². The normalized spacial score (nSPS) is 21.6. The highest BCUT2D eigenvalue weighted by Gasteiger charge is 2.36. The van der Waals surface area contributed by atoms with Crippen molar-refractivity contribution >= 4 is 11.9 Å². The van der Waals surface area contributed by atoms with Crippen molar-refractivity contribution < 1.29 is 4.79 Å². The average molecular weight is 292 g/mol. The van der Waals surface area contributed by atoms with Crippen LogP contribution in [0.25, 0.3) is 11.1 Å². The number of aliphatic imine (C=N–C) groups is 1. The second-order valence-corrected chi connectivity index (χ2v) is 5.73. The van der Waals surface area contributed by atoms with Crippen LogP contribution in [0.15, 0.2) is 53.5 Å². The van der Waals surface area contributed by atoms with E-state index in [2.05, 4.69) is 23.2 Å². The Hall–Kier alpha value is -2.62. The molecule has 2 aromatic rings. The van der Waals surface area contributed by atoms with Crippen LogP contribution in [0.5, 0.6) is 0 Å². The van der Waals surface area contributed by atoms with Crippen LogP contribution in [0, 0.1) is 6.07 Å². The molecule has 4 nitrogen and oxygen atoms in total. The second kappa shape index (κ2) is 5.30. The van der Waals surface area contributed by atoms with Crippen LogP contribution < -0.4 is 5.73 Å². The first-order valence-corrected chi connectivity index (χ1v) is 7.19. The van der Waals surface area contributed by atoms with Crippen molar-refractivity contribution in [3.05, 3.63) is 60.2 Å². The Balaban J connectivity index is 2.04. The number of guanidine groups is 1. The van der Waals surface area contributed by atoms with E-state index >= 15 is 0 Å². The smallest absolute Gasteiger partial charge is 0.231 e. The van der Waals surface area contributed by atoms with E-state index in [0.29, 0.717) is 6.42 Å². The number of carbonyl (C=O) groups excluding carboxylic acids is 1. The molecule has 0 spiro atoms. The van der Waals surface area contributed by atoms with Gasteiger partial charge < -0.3 is 5.73 Å². The monoisotopic (exact) mass is 292 g/mol. The Bertz CT molecular complexity index is 739. The summed E-state index contributed by atoms with van der Waals surface area (Å²) in [6, 6.07) is 19.2. The molecule has 2 aromatic carbocycles. The minimum Gasteiger partial charge on any atom is -0.369 e. The van der Waals surface area contributed by atoms with Gasteiger partial charge in [0.25, 0.3) is 0 Å². The van der Waals surface area contributed by atoms with Crippen molar-refractivity contribution in [2.45, 2.75) is 18.9 Å². The van der Waals surface area contributed by atoms with Crippen molar-refractivity contribution in [3.8, 4) is 11.1 Å². The molecule has 1 amide bonds. The predicted molar refractivity (Wildman–Crippen MR) is 87.1 cm³/mol. The lowest BCUT2D eigenvalue weighted by Gasteiger charge is -2.33. The minimum atomic E-state index is -0.668. The van der Waals surface area contributed by atoms with E-state index in [-0.39, 0.29) is 11.9 Å². The van der Waals surface area contributed by atoms with E-state index in [1.165, 1.54) is 4.90 Å². The largest absolute Gasteiger partial charge is 0.369 e. The van der Waals surface area contributed by atoms with Gasteiger partial charge in [-0.15, -0.1) is 0 Å². The summed E-state index contributed by atoms with van der Waals surface area (Å²) in [5.41, 5.74) is 8.28. The van der Waals surface area contributed by atoms with E-state index in [4.69, 9.17) is 5.73 Å². The summed E-state index contributed by atoms with van der Waals surface area (Å²) >= 11 is 0. The highest BCUT2D eigenvalue weighted by atomic mass is 16.2. The summed E-state index contributed by atoms with van der Waals surface area (Å²) in [4.78, 5) is 18.0. The van der Waals surface area contributed by atoms with E-state index in [1.54, 1.807) is 7.05 Å². The molecule has 111 valence electrons. The first-order chi connectivity index (χ1) is 10.5. The molecule has 4 heteroatoms. The molecule has 2 N–H and O–H groups in total. The van der Waals surface area contributed by atoms with Crippen LogP contribution in [0.1, 0.15) is 18.9 Å². The minimum absolute atomic E-state index is 0.0338. The predicted octanol–water partition coefficient (Wildman–Crippen LogP) is 2.55. The first kappa shape index (κ1) is 14.3. The molecule has 1 atom stereocenters. The lowest BCUT2D eigenvalue weighted by atomic mass is 9.86.